The highest BCUT2D eigenvalue weighted by Gasteiger charge is 2.32. The molecule has 6 heteroatoms. The molecular formula is C17H13ClF3NO. The second-order valence-electron chi connectivity index (χ2n) is 5.41. The number of alkyl halides is 3. The van der Waals surface area contributed by atoms with Crippen molar-refractivity contribution in [2.75, 3.05) is 11.4 Å². The Morgan fingerprint density at radius 1 is 1.09 bits per heavy atom. The van der Waals surface area contributed by atoms with Gasteiger partial charge in [0.05, 0.1) is 5.56 Å². The molecule has 0 aromatic heterocycles. The SMILES string of the molecule is O=C(c1ccc(Cl)cc1)N1CCCc2cc(C(F)(F)F)ccc21. The zero-order chi connectivity index (χ0) is 16.6. The molecule has 0 bridgehead atoms. The molecule has 0 saturated carbocycles. The van der Waals surface area contributed by atoms with Crippen LogP contribution in [0.25, 0.3) is 0 Å². The molecule has 0 saturated heterocycles. The molecule has 0 aliphatic carbocycles. The van der Waals surface area contributed by atoms with E-state index in [0.29, 0.717) is 41.2 Å². The van der Waals surface area contributed by atoms with Crippen LogP contribution in [0.2, 0.25) is 5.02 Å². The first-order valence-corrected chi connectivity index (χ1v) is 7.51. The number of halogens is 4. The lowest BCUT2D eigenvalue weighted by atomic mass is 9.98. The van der Waals surface area contributed by atoms with Crippen molar-refractivity contribution in [3.8, 4) is 0 Å². The van der Waals surface area contributed by atoms with Gasteiger partial charge in [0.25, 0.3) is 5.91 Å². The lowest BCUT2D eigenvalue weighted by Gasteiger charge is -2.30. The minimum absolute atomic E-state index is 0.234. The fourth-order valence-corrected chi connectivity index (χ4v) is 2.86. The molecule has 0 spiro atoms. The predicted molar refractivity (Wildman–Crippen MR) is 82.9 cm³/mol. The third-order valence-electron chi connectivity index (χ3n) is 3.86. The fraction of sp³-hybridized carbons (Fsp3) is 0.235. The minimum Gasteiger partial charge on any atom is -0.308 e. The molecule has 0 unspecified atom stereocenters. The van der Waals surface area contributed by atoms with Crippen molar-refractivity contribution < 1.29 is 18.0 Å². The smallest absolute Gasteiger partial charge is 0.308 e. The predicted octanol–water partition coefficient (Wildman–Crippen LogP) is 4.95. The Labute approximate surface area is 136 Å². The Balaban J connectivity index is 1.95. The van der Waals surface area contributed by atoms with E-state index < -0.39 is 11.7 Å². The Kier molecular flexibility index (Phi) is 4.06. The van der Waals surface area contributed by atoms with Crippen molar-refractivity contribution in [2.45, 2.75) is 19.0 Å². The van der Waals surface area contributed by atoms with Crippen LogP contribution in [0.15, 0.2) is 42.5 Å². The molecule has 0 fully saturated rings. The van der Waals surface area contributed by atoms with Gasteiger partial charge in [0.2, 0.25) is 0 Å². The molecule has 2 nitrogen and oxygen atoms in total. The van der Waals surface area contributed by atoms with E-state index in [-0.39, 0.29) is 5.91 Å². The largest absolute Gasteiger partial charge is 0.416 e. The number of nitrogens with zero attached hydrogens (tertiary/aromatic N) is 1. The van der Waals surface area contributed by atoms with Crippen molar-refractivity contribution in [1.82, 2.24) is 0 Å². The van der Waals surface area contributed by atoms with Crippen LogP contribution in [0.1, 0.15) is 27.9 Å². The summed E-state index contributed by atoms with van der Waals surface area (Å²) in [6, 6.07) is 10.00. The van der Waals surface area contributed by atoms with E-state index >= 15 is 0 Å². The van der Waals surface area contributed by atoms with Crippen molar-refractivity contribution in [3.63, 3.8) is 0 Å². The summed E-state index contributed by atoms with van der Waals surface area (Å²) >= 11 is 5.81. The maximum absolute atomic E-state index is 12.8. The van der Waals surface area contributed by atoms with Gasteiger partial charge in [-0.05, 0) is 60.9 Å². The molecule has 0 radical (unpaired) electrons. The topological polar surface area (TPSA) is 20.3 Å². The number of anilines is 1. The Morgan fingerprint density at radius 2 is 1.78 bits per heavy atom. The summed E-state index contributed by atoms with van der Waals surface area (Å²) in [4.78, 5) is 14.1. The van der Waals surface area contributed by atoms with Gasteiger partial charge in [-0.1, -0.05) is 11.6 Å². The molecule has 0 atom stereocenters. The van der Waals surface area contributed by atoms with Crippen molar-refractivity contribution in [1.29, 1.82) is 0 Å². The van der Waals surface area contributed by atoms with Crippen LogP contribution in [0.3, 0.4) is 0 Å². The maximum Gasteiger partial charge on any atom is 0.416 e. The summed E-state index contributed by atoms with van der Waals surface area (Å²) in [6.45, 7) is 0.486. The molecule has 3 rings (SSSR count). The molecule has 1 aliphatic heterocycles. The fourth-order valence-electron chi connectivity index (χ4n) is 2.73. The van der Waals surface area contributed by atoms with E-state index in [1.54, 1.807) is 24.3 Å². The number of carbonyl (C=O) groups excluding carboxylic acids is 1. The Morgan fingerprint density at radius 3 is 2.43 bits per heavy atom. The summed E-state index contributed by atoms with van der Waals surface area (Å²) < 4.78 is 38.5. The van der Waals surface area contributed by atoms with Crippen LogP contribution < -0.4 is 4.90 Å². The van der Waals surface area contributed by atoms with Gasteiger partial charge in [-0.3, -0.25) is 4.79 Å². The number of rotatable bonds is 1. The first-order valence-electron chi connectivity index (χ1n) is 7.14. The lowest BCUT2D eigenvalue weighted by Crippen LogP contribution is -2.35. The van der Waals surface area contributed by atoms with Gasteiger partial charge >= 0.3 is 6.18 Å². The Hall–Kier alpha value is -2.01. The molecular weight excluding hydrogens is 327 g/mol. The van der Waals surface area contributed by atoms with Crippen LogP contribution in [0.5, 0.6) is 0 Å². The summed E-state index contributed by atoms with van der Waals surface area (Å²) in [6.07, 6.45) is -3.21. The molecule has 1 heterocycles. The first kappa shape index (κ1) is 15.9. The van der Waals surface area contributed by atoms with Crippen LogP contribution in [-0.4, -0.2) is 12.5 Å². The number of carbonyl (C=O) groups is 1. The van der Waals surface area contributed by atoms with E-state index in [1.807, 2.05) is 0 Å². The standard InChI is InChI=1S/C17H13ClF3NO/c18-14-6-3-11(4-7-14)16(23)22-9-1-2-12-10-13(17(19,20)21)5-8-15(12)22/h3-8,10H,1-2,9H2. The van der Waals surface area contributed by atoms with Gasteiger partial charge in [-0.15, -0.1) is 0 Å². The van der Waals surface area contributed by atoms with E-state index in [4.69, 9.17) is 11.6 Å². The third kappa shape index (κ3) is 3.20. The molecule has 2 aromatic rings. The van der Waals surface area contributed by atoms with Gasteiger partial charge in [0.15, 0.2) is 0 Å². The number of hydrogen-bond acceptors (Lipinski definition) is 1. The Bertz CT molecular complexity index is 740. The summed E-state index contributed by atoms with van der Waals surface area (Å²) in [5, 5.41) is 0.524. The molecule has 1 aliphatic rings. The average molecular weight is 340 g/mol. The summed E-state index contributed by atoms with van der Waals surface area (Å²) in [5.74, 6) is -0.234. The van der Waals surface area contributed by atoms with Crippen molar-refractivity contribution in [2.24, 2.45) is 0 Å². The van der Waals surface area contributed by atoms with E-state index in [2.05, 4.69) is 0 Å². The highest BCUT2D eigenvalue weighted by Crippen LogP contribution is 2.35. The second-order valence-corrected chi connectivity index (χ2v) is 5.84. The van der Waals surface area contributed by atoms with Crippen LogP contribution in [-0.2, 0) is 12.6 Å². The molecule has 0 N–H and O–H groups in total. The summed E-state index contributed by atoms with van der Waals surface area (Å²) in [7, 11) is 0. The van der Waals surface area contributed by atoms with Crippen molar-refractivity contribution >= 4 is 23.2 Å². The van der Waals surface area contributed by atoms with Crippen LogP contribution in [0, 0.1) is 0 Å². The van der Waals surface area contributed by atoms with Crippen LogP contribution >= 0.6 is 11.6 Å². The number of aryl methyl sites for hydroxylation is 1. The van der Waals surface area contributed by atoms with Gasteiger partial charge in [0, 0.05) is 22.8 Å². The first-order chi connectivity index (χ1) is 10.9. The average Bonchev–Trinajstić information content (AvgIpc) is 2.53. The van der Waals surface area contributed by atoms with Gasteiger partial charge in [-0.25, -0.2) is 0 Å². The molecule has 23 heavy (non-hydrogen) atoms. The lowest BCUT2D eigenvalue weighted by molar-refractivity contribution is -0.137. The normalized spacial score (nSPS) is 14.5. The van der Waals surface area contributed by atoms with Gasteiger partial charge in [0.1, 0.15) is 0 Å². The molecule has 1 amide bonds. The third-order valence-corrected chi connectivity index (χ3v) is 4.11. The number of fused-ring (bicyclic) bond motifs is 1. The van der Waals surface area contributed by atoms with Gasteiger partial charge < -0.3 is 4.90 Å². The van der Waals surface area contributed by atoms with Gasteiger partial charge in [-0.2, -0.15) is 13.2 Å². The monoisotopic (exact) mass is 339 g/mol. The number of benzene rings is 2. The number of hydrogen-bond donors (Lipinski definition) is 0. The van der Waals surface area contributed by atoms with Crippen molar-refractivity contribution in [3.05, 3.63) is 64.2 Å². The second kappa shape index (κ2) is 5.89. The zero-order valence-electron chi connectivity index (χ0n) is 12.0. The van der Waals surface area contributed by atoms with E-state index in [9.17, 15) is 18.0 Å². The quantitative estimate of drug-likeness (QED) is 0.719. The number of amides is 1. The molecule has 2 aromatic carbocycles. The summed E-state index contributed by atoms with van der Waals surface area (Å²) in [5.41, 5.74) is 0.872. The van der Waals surface area contributed by atoms with E-state index in [1.165, 1.54) is 11.0 Å². The van der Waals surface area contributed by atoms with E-state index in [0.717, 1.165) is 12.1 Å². The maximum atomic E-state index is 12.8. The zero-order valence-corrected chi connectivity index (χ0v) is 12.8. The van der Waals surface area contributed by atoms with Crippen LogP contribution in [0.4, 0.5) is 18.9 Å². The highest BCUT2D eigenvalue weighted by molar-refractivity contribution is 6.30. The molecule has 120 valence electrons. The highest BCUT2D eigenvalue weighted by atomic mass is 35.5. The minimum atomic E-state index is -4.38.